The molecule has 0 bridgehead atoms. The van der Waals surface area contributed by atoms with E-state index in [9.17, 15) is 14.7 Å². The van der Waals surface area contributed by atoms with E-state index in [2.05, 4.69) is 43.8 Å². The smallest absolute Gasteiger partial charge is 0.337 e. The van der Waals surface area contributed by atoms with E-state index in [0.29, 0.717) is 51.5 Å². The van der Waals surface area contributed by atoms with Crippen LogP contribution in [0.5, 0.6) is 23.0 Å². The second-order valence-electron chi connectivity index (χ2n) is 9.83. The van der Waals surface area contributed by atoms with Gasteiger partial charge in [-0.1, -0.05) is 35.9 Å². The Kier molecular flexibility index (Phi) is 12.3. The van der Waals surface area contributed by atoms with Crippen LogP contribution in [0, 0.1) is 3.57 Å². The number of amides is 2. The third-order valence-electron chi connectivity index (χ3n) is 6.69. The number of halogens is 2. The number of carbonyl (C=O) groups excluding carboxylic acids is 2. The van der Waals surface area contributed by atoms with Gasteiger partial charge in [0.2, 0.25) is 0 Å². The molecule has 3 aromatic rings. The van der Waals surface area contributed by atoms with Crippen molar-refractivity contribution in [3.05, 3.63) is 91.2 Å². The number of urea groups is 1. The van der Waals surface area contributed by atoms with Crippen molar-refractivity contribution in [1.82, 2.24) is 16.1 Å². The number of hydrogen-bond acceptors (Lipinski definition) is 10. The Bertz CT molecular complexity index is 1630. The number of hydrazone groups is 1. The SMILES string of the molecule is CCOc1cc([C@@H]2NC(=O)NC(C)=C2C(=O)OC)ccc1OC[C@H](O)N/N=C\c1cc(I)c(OCc2ccccc2Cl)c(OC)c1. The van der Waals surface area contributed by atoms with Crippen molar-refractivity contribution in [3.8, 4) is 23.0 Å². The lowest BCUT2D eigenvalue weighted by Crippen LogP contribution is -2.45. The quantitative estimate of drug-likeness (QED) is 0.0582. The van der Waals surface area contributed by atoms with Gasteiger partial charge in [-0.2, -0.15) is 5.10 Å². The Labute approximate surface area is 285 Å². The highest BCUT2D eigenvalue weighted by molar-refractivity contribution is 14.1. The van der Waals surface area contributed by atoms with E-state index < -0.39 is 24.3 Å². The molecule has 244 valence electrons. The third-order valence-corrected chi connectivity index (χ3v) is 7.86. The standard InChI is InChI=1S/C32H34ClIN4O8/c1-5-44-25-14-20(29-28(31(40)43-4)18(2)36-32(41)37-29)10-11-24(25)45-17-27(39)38-35-15-19-12-23(34)30(26(13-19)42-3)46-16-21-8-6-7-9-22(21)33/h6-15,27,29,38-39H,5,16-17H2,1-4H3,(H2,36,37,41)/b35-15-/t27-,29-/m0/s1. The lowest BCUT2D eigenvalue weighted by molar-refractivity contribution is -0.136. The molecular formula is C32H34ClIN4O8. The minimum Gasteiger partial charge on any atom is -0.493 e. The Hall–Kier alpha value is -4.21. The Balaban J connectivity index is 1.39. The van der Waals surface area contributed by atoms with E-state index in [0.717, 1.165) is 9.13 Å². The van der Waals surface area contributed by atoms with E-state index in [1.807, 2.05) is 37.3 Å². The highest BCUT2D eigenvalue weighted by Gasteiger charge is 2.32. The van der Waals surface area contributed by atoms with Gasteiger partial charge in [-0.3, -0.25) is 5.43 Å². The minimum atomic E-state index is -1.16. The molecule has 0 saturated heterocycles. The summed E-state index contributed by atoms with van der Waals surface area (Å²) in [7, 11) is 2.82. The van der Waals surface area contributed by atoms with Crippen molar-refractivity contribution >= 4 is 52.4 Å². The molecule has 1 heterocycles. The van der Waals surface area contributed by atoms with Gasteiger partial charge in [-0.05, 0) is 77.9 Å². The summed E-state index contributed by atoms with van der Waals surface area (Å²) in [5.74, 6) is 1.23. The molecule has 0 aromatic heterocycles. The summed E-state index contributed by atoms with van der Waals surface area (Å²) in [6.45, 7) is 3.88. The molecule has 2 atom stereocenters. The van der Waals surface area contributed by atoms with Crippen LogP contribution in [0.1, 0.15) is 36.6 Å². The lowest BCUT2D eigenvalue weighted by atomic mass is 9.95. The van der Waals surface area contributed by atoms with Crippen molar-refractivity contribution in [2.75, 3.05) is 27.4 Å². The zero-order valence-corrected chi connectivity index (χ0v) is 28.5. The van der Waals surface area contributed by atoms with Gasteiger partial charge in [0.05, 0.1) is 42.2 Å². The maximum Gasteiger partial charge on any atom is 0.337 e. The molecule has 0 radical (unpaired) electrons. The van der Waals surface area contributed by atoms with Crippen LogP contribution in [0.25, 0.3) is 0 Å². The molecule has 2 amide bonds. The average Bonchev–Trinajstić information content (AvgIpc) is 3.03. The zero-order valence-electron chi connectivity index (χ0n) is 25.6. The number of aliphatic hydroxyl groups excluding tert-OH is 1. The van der Waals surface area contributed by atoms with Gasteiger partial charge in [-0.15, -0.1) is 0 Å². The van der Waals surface area contributed by atoms with E-state index in [-0.39, 0.29) is 18.8 Å². The predicted octanol–water partition coefficient (Wildman–Crippen LogP) is 5.05. The van der Waals surface area contributed by atoms with Crippen molar-refractivity contribution in [2.24, 2.45) is 5.10 Å². The molecule has 14 heteroatoms. The number of benzene rings is 3. The van der Waals surface area contributed by atoms with Crippen LogP contribution in [0.2, 0.25) is 5.02 Å². The summed E-state index contributed by atoms with van der Waals surface area (Å²) >= 11 is 8.41. The van der Waals surface area contributed by atoms with Crippen LogP contribution in [0.15, 0.2) is 71.0 Å². The Morgan fingerprint density at radius 1 is 1.11 bits per heavy atom. The fourth-order valence-electron chi connectivity index (χ4n) is 4.54. The maximum absolute atomic E-state index is 12.5. The van der Waals surface area contributed by atoms with Gasteiger partial charge in [0, 0.05) is 16.3 Å². The highest BCUT2D eigenvalue weighted by atomic mass is 127. The van der Waals surface area contributed by atoms with Gasteiger partial charge < -0.3 is 39.4 Å². The molecular weight excluding hydrogens is 731 g/mol. The molecule has 12 nitrogen and oxygen atoms in total. The normalized spacial score (nSPS) is 15.1. The monoisotopic (exact) mass is 764 g/mol. The maximum atomic E-state index is 12.5. The first-order valence-electron chi connectivity index (χ1n) is 14.1. The summed E-state index contributed by atoms with van der Waals surface area (Å²) in [6.07, 6.45) is 0.373. The zero-order chi connectivity index (χ0) is 33.2. The number of esters is 1. The number of allylic oxidation sites excluding steroid dienone is 1. The molecule has 0 aliphatic carbocycles. The summed E-state index contributed by atoms with van der Waals surface area (Å²) in [5.41, 5.74) is 5.43. The molecule has 0 unspecified atom stereocenters. The Morgan fingerprint density at radius 3 is 2.61 bits per heavy atom. The summed E-state index contributed by atoms with van der Waals surface area (Å²) in [5, 5.41) is 20.6. The number of ether oxygens (including phenoxy) is 5. The largest absolute Gasteiger partial charge is 0.493 e. The van der Waals surface area contributed by atoms with Crippen LogP contribution in [-0.2, 0) is 16.1 Å². The van der Waals surface area contributed by atoms with Gasteiger partial charge in [-0.25, -0.2) is 9.59 Å². The summed E-state index contributed by atoms with van der Waals surface area (Å²) in [6, 6.07) is 14.9. The molecule has 3 aromatic carbocycles. The van der Waals surface area contributed by atoms with Gasteiger partial charge in [0.15, 0.2) is 29.2 Å². The minimum absolute atomic E-state index is 0.164. The Morgan fingerprint density at radius 2 is 1.89 bits per heavy atom. The molecule has 0 spiro atoms. The average molecular weight is 765 g/mol. The van der Waals surface area contributed by atoms with Crippen molar-refractivity contribution in [2.45, 2.75) is 32.7 Å². The molecule has 0 fully saturated rings. The van der Waals surface area contributed by atoms with Crippen molar-refractivity contribution < 1.29 is 38.4 Å². The number of nitrogens with zero attached hydrogens (tertiary/aromatic N) is 1. The predicted molar refractivity (Wildman–Crippen MR) is 180 cm³/mol. The van der Waals surface area contributed by atoms with Crippen LogP contribution < -0.4 is 35.0 Å². The first-order chi connectivity index (χ1) is 22.1. The number of hydrogen-bond donors (Lipinski definition) is 4. The third kappa shape index (κ3) is 8.73. The van der Waals surface area contributed by atoms with Crippen LogP contribution in [0.4, 0.5) is 4.79 Å². The van der Waals surface area contributed by atoms with E-state index in [1.54, 1.807) is 38.3 Å². The number of aliphatic hydroxyl groups is 1. The second-order valence-corrected chi connectivity index (χ2v) is 11.4. The highest BCUT2D eigenvalue weighted by Crippen LogP contribution is 2.36. The topological polar surface area (TPSA) is 149 Å². The van der Waals surface area contributed by atoms with Crippen molar-refractivity contribution in [1.29, 1.82) is 0 Å². The van der Waals surface area contributed by atoms with E-state index in [4.69, 9.17) is 35.3 Å². The van der Waals surface area contributed by atoms with Gasteiger partial charge >= 0.3 is 12.0 Å². The van der Waals surface area contributed by atoms with Crippen molar-refractivity contribution in [3.63, 3.8) is 0 Å². The first kappa shape index (κ1) is 34.7. The summed E-state index contributed by atoms with van der Waals surface area (Å²) in [4.78, 5) is 24.6. The first-order valence-corrected chi connectivity index (χ1v) is 15.6. The second kappa shape index (κ2) is 16.4. The molecule has 4 rings (SSSR count). The number of methoxy groups -OCH3 is 2. The molecule has 4 N–H and O–H groups in total. The van der Waals surface area contributed by atoms with Gasteiger partial charge in [0.1, 0.15) is 13.2 Å². The molecule has 0 saturated carbocycles. The lowest BCUT2D eigenvalue weighted by Gasteiger charge is -2.28. The number of nitrogens with one attached hydrogen (secondary N) is 3. The summed E-state index contributed by atoms with van der Waals surface area (Å²) < 4.78 is 28.8. The van der Waals surface area contributed by atoms with Crippen LogP contribution in [-0.4, -0.2) is 57.0 Å². The van der Waals surface area contributed by atoms with E-state index >= 15 is 0 Å². The fourth-order valence-corrected chi connectivity index (χ4v) is 5.51. The van der Waals surface area contributed by atoms with Crippen LogP contribution >= 0.6 is 34.2 Å². The van der Waals surface area contributed by atoms with Crippen LogP contribution in [0.3, 0.4) is 0 Å². The fraction of sp³-hybridized carbons (Fsp3) is 0.281. The molecule has 1 aliphatic rings. The molecule has 1 aliphatic heterocycles. The molecule has 46 heavy (non-hydrogen) atoms. The number of carbonyl (C=O) groups is 2. The van der Waals surface area contributed by atoms with E-state index in [1.165, 1.54) is 13.3 Å². The van der Waals surface area contributed by atoms with Gasteiger partial charge in [0.25, 0.3) is 0 Å². The number of rotatable bonds is 14.